The molecule has 0 spiro atoms. The quantitative estimate of drug-likeness (QED) is 0.765. The molecule has 116 valence electrons. The van der Waals surface area contributed by atoms with E-state index in [2.05, 4.69) is 10.6 Å². The zero-order valence-electron chi connectivity index (χ0n) is 12.5. The van der Waals surface area contributed by atoms with Crippen LogP contribution in [-0.2, 0) is 6.54 Å². The number of aliphatic hydroxyl groups excluding tert-OH is 1. The number of benzene rings is 2. The number of nitrogens with one attached hydrogen (secondary N) is 2. The maximum Gasteiger partial charge on any atom is 0.315 e. The third kappa shape index (κ3) is 4.49. The van der Waals surface area contributed by atoms with E-state index in [0.717, 1.165) is 22.4 Å². The van der Waals surface area contributed by atoms with E-state index >= 15 is 0 Å². The standard InChI is InChI=1S/C17H20N2O3/c1-22-16-8-6-15(7-9-16)14-4-2-13(3-5-14)12-19-17(21)18-10-11-20/h2-9,20H,10-12H2,1H3,(H2,18,19,21). The highest BCUT2D eigenvalue weighted by molar-refractivity contribution is 5.73. The number of hydrogen-bond acceptors (Lipinski definition) is 3. The molecule has 5 nitrogen and oxygen atoms in total. The molecule has 5 heteroatoms. The van der Waals surface area contributed by atoms with Crippen molar-refractivity contribution in [3.63, 3.8) is 0 Å². The molecule has 3 N–H and O–H groups in total. The summed E-state index contributed by atoms with van der Waals surface area (Å²) in [5.41, 5.74) is 3.23. The van der Waals surface area contributed by atoms with E-state index in [4.69, 9.17) is 9.84 Å². The van der Waals surface area contributed by atoms with Gasteiger partial charge in [-0.15, -0.1) is 0 Å². The van der Waals surface area contributed by atoms with Crippen LogP contribution in [0.1, 0.15) is 5.56 Å². The van der Waals surface area contributed by atoms with Gasteiger partial charge in [0.1, 0.15) is 5.75 Å². The first-order valence-corrected chi connectivity index (χ1v) is 7.09. The number of aliphatic hydroxyl groups is 1. The first kappa shape index (κ1) is 15.9. The summed E-state index contributed by atoms with van der Waals surface area (Å²) in [7, 11) is 1.65. The lowest BCUT2D eigenvalue weighted by Crippen LogP contribution is -2.36. The normalized spacial score (nSPS) is 10.1. The van der Waals surface area contributed by atoms with Crippen LogP contribution < -0.4 is 15.4 Å². The van der Waals surface area contributed by atoms with Crippen molar-refractivity contribution in [3.8, 4) is 16.9 Å². The van der Waals surface area contributed by atoms with E-state index < -0.39 is 0 Å². The van der Waals surface area contributed by atoms with Crippen molar-refractivity contribution in [2.24, 2.45) is 0 Å². The molecule has 0 saturated heterocycles. The van der Waals surface area contributed by atoms with Gasteiger partial charge in [0.15, 0.2) is 0 Å². The number of urea groups is 1. The van der Waals surface area contributed by atoms with Crippen LogP contribution in [0.3, 0.4) is 0 Å². The Morgan fingerprint density at radius 2 is 1.59 bits per heavy atom. The van der Waals surface area contributed by atoms with Crippen LogP contribution in [0.5, 0.6) is 5.75 Å². The summed E-state index contributed by atoms with van der Waals surface area (Å²) in [5, 5.41) is 13.9. The van der Waals surface area contributed by atoms with Crippen LogP contribution in [0.2, 0.25) is 0 Å². The fraction of sp³-hybridized carbons (Fsp3) is 0.235. The number of ether oxygens (including phenoxy) is 1. The second-order valence-electron chi connectivity index (χ2n) is 4.76. The number of hydrogen-bond donors (Lipinski definition) is 3. The van der Waals surface area contributed by atoms with E-state index in [1.54, 1.807) is 7.11 Å². The van der Waals surface area contributed by atoms with Crippen molar-refractivity contribution in [1.82, 2.24) is 10.6 Å². The highest BCUT2D eigenvalue weighted by Crippen LogP contribution is 2.22. The minimum atomic E-state index is -0.284. The van der Waals surface area contributed by atoms with Crippen LogP contribution >= 0.6 is 0 Å². The fourth-order valence-electron chi connectivity index (χ4n) is 2.01. The zero-order chi connectivity index (χ0) is 15.8. The Morgan fingerprint density at radius 1 is 1.00 bits per heavy atom. The Morgan fingerprint density at radius 3 is 2.14 bits per heavy atom. The van der Waals surface area contributed by atoms with Crippen LogP contribution in [-0.4, -0.2) is 31.4 Å². The number of methoxy groups -OCH3 is 1. The lowest BCUT2D eigenvalue weighted by Gasteiger charge is -2.08. The van der Waals surface area contributed by atoms with Gasteiger partial charge in [-0.1, -0.05) is 36.4 Å². The van der Waals surface area contributed by atoms with Gasteiger partial charge in [0.2, 0.25) is 0 Å². The molecule has 0 bridgehead atoms. The summed E-state index contributed by atoms with van der Waals surface area (Å²) in [5.74, 6) is 0.832. The summed E-state index contributed by atoms with van der Waals surface area (Å²) < 4.78 is 5.14. The number of carbonyl (C=O) groups excluding carboxylic acids is 1. The topological polar surface area (TPSA) is 70.6 Å². The summed E-state index contributed by atoms with van der Waals surface area (Å²) in [6, 6.07) is 15.6. The summed E-state index contributed by atoms with van der Waals surface area (Å²) >= 11 is 0. The van der Waals surface area contributed by atoms with E-state index in [0.29, 0.717) is 6.54 Å². The molecule has 0 fully saturated rings. The molecule has 0 heterocycles. The third-order valence-corrected chi connectivity index (χ3v) is 3.23. The van der Waals surface area contributed by atoms with Crippen molar-refractivity contribution >= 4 is 6.03 Å². The highest BCUT2D eigenvalue weighted by atomic mass is 16.5. The molecule has 0 radical (unpaired) electrons. The summed E-state index contributed by atoms with van der Waals surface area (Å²) in [4.78, 5) is 11.4. The maximum atomic E-state index is 11.4. The second kappa shape index (κ2) is 8.05. The predicted molar refractivity (Wildman–Crippen MR) is 85.8 cm³/mol. The molecule has 0 aromatic heterocycles. The fourth-order valence-corrected chi connectivity index (χ4v) is 2.01. The van der Waals surface area contributed by atoms with E-state index in [1.165, 1.54) is 0 Å². The Balaban J connectivity index is 1.93. The second-order valence-corrected chi connectivity index (χ2v) is 4.76. The van der Waals surface area contributed by atoms with Crippen molar-refractivity contribution in [2.75, 3.05) is 20.3 Å². The first-order chi connectivity index (χ1) is 10.7. The number of amides is 2. The molecule has 0 atom stereocenters. The van der Waals surface area contributed by atoms with E-state index in [1.807, 2.05) is 48.5 Å². The van der Waals surface area contributed by atoms with Gasteiger partial charge in [0.05, 0.1) is 13.7 Å². The van der Waals surface area contributed by atoms with Crippen LogP contribution in [0.4, 0.5) is 4.79 Å². The third-order valence-electron chi connectivity index (χ3n) is 3.23. The monoisotopic (exact) mass is 300 g/mol. The molecule has 22 heavy (non-hydrogen) atoms. The maximum absolute atomic E-state index is 11.4. The minimum absolute atomic E-state index is 0.0655. The van der Waals surface area contributed by atoms with Crippen LogP contribution in [0, 0.1) is 0 Å². The van der Waals surface area contributed by atoms with Gasteiger partial charge >= 0.3 is 6.03 Å². The van der Waals surface area contributed by atoms with Gasteiger partial charge in [-0.3, -0.25) is 0 Å². The van der Waals surface area contributed by atoms with Crippen molar-refractivity contribution < 1.29 is 14.6 Å². The molecule has 0 aliphatic carbocycles. The lowest BCUT2D eigenvalue weighted by atomic mass is 10.0. The van der Waals surface area contributed by atoms with Gasteiger partial charge in [-0.2, -0.15) is 0 Å². The average Bonchev–Trinajstić information content (AvgIpc) is 2.58. The van der Waals surface area contributed by atoms with Gasteiger partial charge < -0.3 is 20.5 Å². The van der Waals surface area contributed by atoms with Crippen LogP contribution in [0.15, 0.2) is 48.5 Å². The molecule has 2 aromatic carbocycles. The molecule has 2 amide bonds. The predicted octanol–water partition coefficient (Wildman–Crippen LogP) is 2.15. The molecule has 0 saturated carbocycles. The van der Waals surface area contributed by atoms with E-state index in [-0.39, 0.29) is 19.2 Å². The zero-order valence-corrected chi connectivity index (χ0v) is 12.5. The van der Waals surface area contributed by atoms with Gasteiger partial charge in [0, 0.05) is 13.1 Å². The minimum Gasteiger partial charge on any atom is -0.497 e. The van der Waals surface area contributed by atoms with E-state index in [9.17, 15) is 4.79 Å². The molecule has 0 unspecified atom stereocenters. The van der Waals surface area contributed by atoms with Gasteiger partial charge in [-0.25, -0.2) is 4.79 Å². The highest BCUT2D eigenvalue weighted by Gasteiger charge is 2.01. The van der Waals surface area contributed by atoms with Gasteiger partial charge in [0.25, 0.3) is 0 Å². The molecule has 2 rings (SSSR count). The van der Waals surface area contributed by atoms with Crippen molar-refractivity contribution in [1.29, 1.82) is 0 Å². The van der Waals surface area contributed by atoms with Gasteiger partial charge in [-0.05, 0) is 28.8 Å². The van der Waals surface area contributed by atoms with Crippen molar-refractivity contribution in [3.05, 3.63) is 54.1 Å². The SMILES string of the molecule is COc1ccc(-c2ccc(CNC(=O)NCCO)cc2)cc1. The summed E-state index contributed by atoms with van der Waals surface area (Å²) in [6.45, 7) is 0.631. The molecular formula is C17H20N2O3. The Hall–Kier alpha value is -2.53. The average molecular weight is 300 g/mol. The van der Waals surface area contributed by atoms with Crippen LogP contribution in [0.25, 0.3) is 11.1 Å². The van der Waals surface area contributed by atoms with Crippen molar-refractivity contribution in [2.45, 2.75) is 6.54 Å². The molecule has 0 aliphatic heterocycles. The summed E-state index contributed by atoms with van der Waals surface area (Å²) in [6.07, 6.45) is 0. The Kier molecular flexibility index (Phi) is 5.80. The molecular weight excluding hydrogens is 280 g/mol. The first-order valence-electron chi connectivity index (χ1n) is 7.09. The number of rotatable bonds is 6. The Bertz CT molecular complexity index is 594. The Labute approximate surface area is 129 Å². The molecule has 0 aliphatic rings. The number of carbonyl (C=O) groups is 1. The lowest BCUT2D eigenvalue weighted by molar-refractivity contribution is 0.234. The molecule has 2 aromatic rings. The smallest absolute Gasteiger partial charge is 0.315 e. The largest absolute Gasteiger partial charge is 0.497 e.